The van der Waals surface area contributed by atoms with Gasteiger partial charge in [0.15, 0.2) is 0 Å². The van der Waals surface area contributed by atoms with Gasteiger partial charge in [0.2, 0.25) is 0 Å². The summed E-state index contributed by atoms with van der Waals surface area (Å²) in [4.78, 5) is 11.3. The second kappa shape index (κ2) is 4.84. The molecular weight excluding hydrogens is 226 g/mol. The second-order valence-corrected chi connectivity index (χ2v) is 5.54. The summed E-state index contributed by atoms with van der Waals surface area (Å²) in [6.07, 6.45) is 7.11. The maximum absolute atomic E-state index is 9.64. The minimum Gasteiger partial charge on any atom is -0.393 e. The van der Waals surface area contributed by atoms with Gasteiger partial charge in [-0.15, -0.1) is 0 Å². The van der Waals surface area contributed by atoms with Crippen LogP contribution in [0.1, 0.15) is 37.4 Å². The number of aryl methyl sites for hydroxylation is 1. The summed E-state index contributed by atoms with van der Waals surface area (Å²) in [7, 11) is 0. The Morgan fingerprint density at radius 1 is 1.28 bits per heavy atom. The summed E-state index contributed by atoms with van der Waals surface area (Å²) >= 11 is 0. The van der Waals surface area contributed by atoms with Crippen LogP contribution < -0.4 is 4.90 Å². The number of rotatable bonds is 2. The Morgan fingerprint density at radius 2 is 2.06 bits per heavy atom. The number of anilines is 1. The van der Waals surface area contributed by atoms with E-state index in [1.165, 1.54) is 17.7 Å². The molecule has 1 atom stereocenters. The van der Waals surface area contributed by atoms with Gasteiger partial charge in [-0.3, -0.25) is 0 Å². The van der Waals surface area contributed by atoms with Crippen molar-refractivity contribution >= 4 is 5.82 Å². The van der Waals surface area contributed by atoms with Crippen molar-refractivity contribution < 1.29 is 5.11 Å². The van der Waals surface area contributed by atoms with Crippen molar-refractivity contribution in [2.24, 2.45) is 5.92 Å². The van der Waals surface area contributed by atoms with Gasteiger partial charge in [0.05, 0.1) is 6.10 Å². The van der Waals surface area contributed by atoms with Crippen molar-refractivity contribution in [1.82, 2.24) is 9.97 Å². The molecule has 1 saturated heterocycles. The van der Waals surface area contributed by atoms with Crippen LogP contribution >= 0.6 is 0 Å². The van der Waals surface area contributed by atoms with Crippen LogP contribution in [-0.4, -0.2) is 34.3 Å². The van der Waals surface area contributed by atoms with E-state index in [4.69, 9.17) is 0 Å². The predicted octanol–water partition coefficient (Wildman–Crippen LogP) is 1.56. The van der Waals surface area contributed by atoms with Gasteiger partial charge in [0.1, 0.15) is 12.1 Å². The zero-order chi connectivity index (χ0) is 12.5. The Kier molecular flexibility index (Phi) is 3.20. The Balaban J connectivity index is 1.75. The molecule has 2 aliphatic rings. The average molecular weight is 247 g/mol. The van der Waals surface area contributed by atoms with E-state index in [9.17, 15) is 5.11 Å². The number of hydrogen-bond acceptors (Lipinski definition) is 4. The molecule has 1 N–H and O–H groups in total. The summed E-state index contributed by atoms with van der Waals surface area (Å²) in [5.74, 6) is 1.61. The molecule has 1 fully saturated rings. The molecule has 1 aliphatic carbocycles. The third-order valence-electron chi connectivity index (χ3n) is 4.37. The van der Waals surface area contributed by atoms with Gasteiger partial charge in [-0.25, -0.2) is 9.97 Å². The first-order valence-corrected chi connectivity index (χ1v) is 7.01. The van der Waals surface area contributed by atoms with Crippen molar-refractivity contribution in [2.75, 3.05) is 18.0 Å². The van der Waals surface area contributed by atoms with Crippen LogP contribution in [0.5, 0.6) is 0 Å². The molecule has 0 spiro atoms. The molecule has 0 saturated carbocycles. The molecule has 4 nitrogen and oxygen atoms in total. The molecular formula is C14H21N3O. The van der Waals surface area contributed by atoms with E-state index in [0.29, 0.717) is 5.92 Å². The van der Waals surface area contributed by atoms with Crippen molar-refractivity contribution in [1.29, 1.82) is 0 Å². The summed E-state index contributed by atoms with van der Waals surface area (Å²) in [6, 6.07) is 0. The highest BCUT2D eigenvalue weighted by molar-refractivity contribution is 5.50. The fourth-order valence-corrected chi connectivity index (χ4v) is 3.21. The lowest BCUT2D eigenvalue weighted by atomic mass is 9.92. The molecule has 3 rings (SSSR count). The molecule has 1 unspecified atom stereocenters. The van der Waals surface area contributed by atoms with Gasteiger partial charge < -0.3 is 10.0 Å². The zero-order valence-electron chi connectivity index (χ0n) is 11.0. The van der Waals surface area contributed by atoms with Gasteiger partial charge >= 0.3 is 0 Å². The van der Waals surface area contributed by atoms with Gasteiger partial charge in [0.25, 0.3) is 0 Å². The monoisotopic (exact) mass is 247 g/mol. The predicted molar refractivity (Wildman–Crippen MR) is 70.7 cm³/mol. The van der Waals surface area contributed by atoms with Crippen LogP contribution in [-0.2, 0) is 12.8 Å². The van der Waals surface area contributed by atoms with Crippen molar-refractivity contribution in [2.45, 2.75) is 45.1 Å². The van der Waals surface area contributed by atoms with E-state index in [2.05, 4.69) is 14.9 Å². The van der Waals surface area contributed by atoms with Crippen molar-refractivity contribution in [3.8, 4) is 0 Å². The van der Waals surface area contributed by atoms with E-state index in [1.807, 2.05) is 6.92 Å². The van der Waals surface area contributed by atoms with E-state index in [1.54, 1.807) is 6.33 Å². The highest BCUT2D eigenvalue weighted by Gasteiger charge is 2.26. The highest BCUT2D eigenvalue weighted by Crippen LogP contribution is 2.31. The topological polar surface area (TPSA) is 49.2 Å². The molecule has 1 aliphatic heterocycles. The van der Waals surface area contributed by atoms with E-state index in [0.717, 1.165) is 44.6 Å². The van der Waals surface area contributed by atoms with Crippen LogP contribution in [0.25, 0.3) is 0 Å². The van der Waals surface area contributed by atoms with Gasteiger partial charge in [-0.05, 0) is 44.9 Å². The minimum absolute atomic E-state index is 0.178. The SMILES string of the molecule is CC(O)C1CCN(c2ncnc3c2CCC3)CC1. The lowest BCUT2D eigenvalue weighted by Crippen LogP contribution is -2.38. The van der Waals surface area contributed by atoms with Gasteiger partial charge in [0, 0.05) is 24.3 Å². The molecule has 98 valence electrons. The van der Waals surface area contributed by atoms with Crippen molar-refractivity contribution in [3.05, 3.63) is 17.6 Å². The molecule has 2 heterocycles. The Labute approximate surface area is 108 Å². The standard InChI is InChI=1S/C14H21N3O/c1-10(18)11-5-7-17(8-6-11)14-12-3-2-4-13(12)15-9-16-14/h9-11,18H,2-8H2,1H3. The number of aliphatic hydroxyl groups excluding tert-OH is 1. The number of piperidine rings is 1. The number of fused-ring (bicyclic) bond motifs is 1. The Morgan fingerprint density at radius 3 is 2.78 bits per heavy atom. The van der Waals surface area contributed by atoms with Crippen LogP contribution in [0.3, 0.4) is 0 Å². The van der Waals surface area contributed by atoms with E-state index < -0.39 is 0 Å². The Hall–Kier alpha value is -1.16. The first kappa shape index (κ1) is 11.9. The van der Waals surface area contributed by atoms with E-state index >= 15 is 0 Å². The summed E-state index contributed by atoms with van der Waals surface area (Å²) < 4.78 is 0. The van der Waals surface area contributed by atoms with Crippen LogP contribution in [0.4, 0.5) is 5.82 Å². The third kappa shape index (κ3) is 2.09. The average Bonchev–Trinajstić information content (AvgIpc) is 2.87. The second-order valence-electron chi connectivity index (χ2n) is 5.54. The van der Waals surface area contributed by atoms with Crippen LogP contribution in [0, 0.1) is 5.92 Å². The van der Waals surface area contributed by atoms with Crippen LogP contribution in [0.2, 0.25) is 0 Å². The lowest BCUT2D eigenvalue weighted by molar-refractivity contribution is 0.109. The number of aromatic nitrogens is 2. The summed E-state index contributed by atoms with van der Waals surface area (Å²) in [6.45, 7) is 3.93. The normalized spacial score (nSPS) is 22.0. The summed E-state index contributed by atoms with van der Waals surface area (Å²) in [5.41, 5.74) is 2.62. The molecule has 0 bridgehead atoms. The number of aliphatic hydroxyl groups is 1. The first-order valence-electron chi connectivity index (χ1n) is 7.01. The largest absolute Gasteiger partial charge is 0.393 e. The number of nitrogens with zero attached hydrogens (tertiary/aromatic N) is 3. The highest BCUT2D eigenvalue weighted by atomic mass is 16.3. The molecule has 18 heavy (non-hydrogen) atoms. The quantitative estimate of drug-likeness (QED) is 0.861. The zero-order valence-corrected chi connectivity index (χ0v) is 11.0. The maximum atomic E-state index is 9.64. The molecule has 0 amide bonds. The summed E-state index contributed by atoms with van der Waals surface area (Å²) in [5, 5.41) is 9.64. The van der Waals surface area contributed by atoms with Gasteiger partial charge in [-0.2, -0.15) is 0 Å². The van der Waals surface area contributed by atoms with Crippen LogP contribution in [0.15, 0.2) is 6.33 Å². The fourth-order valence-electron chi connectivity index (χ4n) is 3.21. The van der Waals surface area contributed by atoms with Gasteiger partial charge in [-0.1, -0.05) is 0 Å². The Bertz CT molecular complexity index is 425. The smallest absolute Gasteiger partial charge is 0.135 e. The molecule has 0 radical (unpaired) electrons. The van der Waals surface area contributed by atoms with E-state index in [-0.39, 0.29) is 6.10 Å². The van der Waals surface area contributed by atoms with Crippen molar-refractivity contribution in [3.63, 3.8) is 0 Å². The minimum atomic E-state index is -0.178. The maximum Gasteiger partial charge on any atom is 0.135 e. The fraction of sp³-hybridized carbons (Fsp3) is 0.714. The molecule has 4 heteroatoms. The molecule has 1 aromatic rings. The first-order chi connectivity index (χ1) is 8.75. The molecule has 1 aromatic heterocycles. The lowest BCUT2D eigenvalue weighted by Gasteiger charge is -2.34. The third-order valence-corrected chi connectivity index (χ3v) is 4.37. The molecule has 0 aromatic carbocycles. The number of hydrogen-bond donors (Lipinski definition) is 1.